The van der Waals surface area contributed by atoms with Crippen molar-refractivity contribution in [2.45, 2.75) is 33.2 Å². The third kappa shape index (κ3) is 2.91. The predicted molar refractivity (Wildman–Crippen MR) is 123 cm³/mol. The van der Waals surface area contributed by atoms with Gasteiger partial charge < -0.3 is 14.2 Å². The summed E-state index contributed by atoms with van der Waals surface area (Å²) in [5.74, 6) is 0.00370. The van der Waals surface area contributed by atoms with E-state index >= 15 is 0 Å². The highest BCUT2D eigenvalue weighted by molar-refractivity contribution is 6.31. The molecule has 0 N–H and O–H groups in total. The summed E-state index contributed by atoms with van der Waals surface area (Å²) in [6.07, 6.45) is 0. The molecular formula is C25H23ClN2O3. The lowest BCUT2D eigenvalue weighted by Crippen LogP contribution is -2.35. The van der Waals surface area contributed by atoms with Gasteiger partial charge in [0.1, 0.15) is 5.82 Å². The third-order valence-electron chi connectivity index (χ3n) is 6.32. The number of carbonyl (C=O) groups excluding carboxylic acids is 1. The van der Waals surface area contributed by atoms with Gasteiger partial charge >= 0.3 is 5.97 Å². The van der Waals surface area contributed by atoms with Crippen molar-refractivity contribution >= 4 is 34.3 Å². The highest BCUT2D eigenvalue weighted by Crippen LogP contribution is 2.46. The molecule has 31 heavy (non-hydrogen) atoms. The Morgan fingerprint density at radius 2 is 1.87 bits per heavy atom. The first-order chi connectivity index (χ1) is 14.9. The fourth-order valence-electron chi connectivity index (χ4n) is 4.90. The number of fused-ring (bicyclic) bond motifs is 2. The van der Waals surface area contributed by atoms with E-state index in [2.05, 4.69) is 9.47 Å². The molecule has 0 saturated heterocycles. The smallest absolute Gasteiger partial charge is 0.336 e. The van der Waals surface area contributed by atoms with Gasteiger partial charge in [-0.15, -0.1) is 0 Å². The van der Waals surface area contributed by atoms with Crippen LogP contribution in [0.3, 0.4) is 0 Å². The summed E-state index contributed by atoms with van der Waals surface area (Å²) in [5.41, 5.74) is 4.80. The normalized spacial score (nSPS) is 17.3. The number of halogens is 1. The van der Waals surface area contributed by atoms with Crippen LogP contribution in [0.25, 0.3) is 10.9 Å². The summed E-state index contributed by atoms with van der Waals surface area (Å²) in [5, 5.41) is 1.21. The molecule has 0 radical (unpaired) electrons. The number of allylic oxidation sites excluding steroid dienone is 1. The van der Waals surface area contributed by atoms with E-state index in [9.17, 15) is 9.59 Å². The lowest BCUT2D eigenvalue weighted by atomic mass is 9.80. The van der Waals surface area contributed by atoms with Crippen LogP contribution in [0, 0.1) is 6.92 Å². The van der Waals surface area contributed by atoms with Crippen LogP contribution < -0.4 is 10.3 Å². The summed E-state index contributed by atoms with van der Waals surface area (Å²) < 4.78 is 7.60. The van der Waals surface area contributed by atoms with Crippen LogP contribution in [0.2, 0.25) is 5.02 Å². The summed E-state index contributed by atoms with van der Waals surface area (Å²) >= 11 is 6.26. The molecule has 6 heteroatoms. The van der Waals surface area contributed by atoms with Gasteiger partial charge in [0, 0.05) is 29.2 Å². The minimum absolute atomic E-state index is 0.0651. The molecule has 1 unspecified atom stereocenters. The first kappa shape index (κ1) is 19.9. The maximum absolute atomic E-state index is 13.8. The van der Waals surface area contributed by atoms with Gasteiger partial charge in [-0.05, 0) is 44.5 Å². The SMILES string of the molecule is CCOC(=O)C1=C(C)N2CCn3c2c(c(=O)c2ccc(Cl)cc23)C1c1ccc(C)cc1. The largest absolute Gasteiger partial charge is 0.463 e. The van der Waals surface area contributed by atoms with Gasteiger partial charge in [-0.2, -0.15) is 0 Å². The molecule has 0 saturated carbocycles. The van der Waals surface area contributed by atoms with E-state index in [0.717, 1.165) is 28.2 Å². The summed E-state index contributed by atoms with van der Waals surface area (Å²) in [6, 6.07) is 13.4. The van der Waals surface area contributed by atoms with Gasteiger partial charge in [-0.3, -0.25) is 4.79 Å². The molecule has 2 aliphatic heterocycles. The number of nitrogens with zero attached hydrogens (tertiary/aromatic N) is 2. The number of aryl methyl sites for hydroxylation is 1. The second-order valence-corrected chi connectivity index (χ2v) is 8.53. The quantitative estimate of drug-likeness (QED) is 0.557. The fraction of sp³-hybridized carbons (Fsp3) is 0.280. The minimum atomic E-state index is -0.483. The Kier molecular flexibility index (Phi) is 4.67. The number of carbonyl (C=O) groups is 1. The fourth-order valence-corrected chi connectivity index (χ4v) is 5.07. The summed E-state index contributed by atoms with van der Waals surface area (Å²) in [4.78, 5) is 29.0. The van der Waals surface area contributed by atoms with Crippen LogP contribution in [-0.4, -0.2) is 23.7 Å². The Labute approximate surface area is 185 Å². The van der Waals surface area contributed by atoms with Crippen molar-refractivity contribution in [1.29, 1.82) is 0 Å². The minimum Gasteiger partial charge on any atom is -0.463 e. The van der Waals surface area contributed by atoms with Crippen LogP contribution >= 0.6 is 11.6 Å². The monoisotopic (exact) mass is 434 g/mol. The first-order valence-corrected chi connectivity index (χ1v) is 10.9. The topological polar surface area (TPSA) is 51.5 Å². The number of ether oxygens (including phenoxy) is 1. The molecule has 1 atom stereocenters. The zero-order valence-electron chi connectivity index (χ0n) is 17.7. The van der Waals surface area contributed by atoms with E-state index in [-0.39, 0.29) is 18.0 Å². The second-order valence-electron chi connectivity index (χ2n) is 8.09. The molecule has 0 spiro atoms. The van der Waals surface area contributed by atoms with Crippen LogP contribution in [0.15, 0.2) is 58.5 Å². The van der Waals surface area contributed by atoms with Crippen LogP contribution in [-0.2, 0) is 16.1 Å². The maximum Gasteiger partial charge on any atom is 0.336 e. The third-order valence-corrected chi connectivity index (χ3v) is 6.55. The molecule has 0 aliphatic carbocycles. The van der Waals surface area contributed by atoms with Gasteiger partial charge in [0.05, 0.1) is 29.2 Å². The summed E-state index contributed by atoms with van der Waals surface area (Å²) in [6.45, 7) is 7.45. The Bertz CT molecular complexity index is 1320. The molecule has 0 bridgehead atoms. The molecule has 0 fully saturated rings. The van der Waals surface area contributed by atoms with Crippen molar-refractivity contribution in [2.24, 2.45) is 0 Å². The Hall–Kier alpha value is -3.05. The van der Waals surface area contributed by atoms with Gasteiger partial charge in [0.15, 0.2) is 5.43 Å². The molecule has 3 aromatic rings. The number of benzene rings is 2. The Morgan fingerprint density at radius 1 is 1.13 bits per heavy atom. The average Bonchev–Trinajstić information content (AvgIpc) is 3.19. The molecular weight excluding hydrogens is 412 g/mol. The number of pyridine rings is 1. The molecule has 1 aromatic heterocycles. The van der Waals surface area contributed by atoms with E-state index in [4.69, 9.17) is 16.3 Å². The zero-order valence-corrected chi connectivity index (χ0v) is 18.5. The highest BCUT2D eigenvalue weighted by atomic mass is 35.5. The van der Waals surface area contributed by atoms with Crippen LogP contribution in [0.5, 0.6) is 0 Å². The average molecular weight is 435 g/mol. The number of hydrogen-bond donors (Lipinski definition) is 0. The van der Waals surface area contributed by atoms with Crippen molar-refractivity contribution in [3.05, 3.63) is 85.7 Å². The molecule has 2 aromatic carbocycles. The van der Waals surface area contributed by atoms with Gasteiger partial charge in [-0.25, -0.2) is 4.79 Å². The number of hydrogen-bond acceptors (Lipinski definition) is 4. The Morgan fingerprint density at radius 3 is 2.58 bits per heavy atom. The van der Waals surface area contributed by atoms with Crippen molar-refractivity contribution in [1.82, 2.24) is 4.57 Å². The standard InChI is InChI=1S/C25H23ClN2O3/c1-4-31-25(30)20-15(3)27-11-12-28-19-13-17(26)9-10-18(19)23(29)22(24(27)28)21(20)16-7-5-14(2)6-8-16/h5-10,13,21H,4,11-12H2,1-3H3. The lowest BCUT2D eigenvalue weighted by molar-refractivity contribution is -0.138. The van der Waals surface area contributed by atoms with Gasteiger partial charge in [0.25, 0.3) is 0 Å². The predicted octanol–water partition coefficient (Wildman–Crippen LogP) is 4.77. The number of esters is 1. The second kappa shape index (κ2) is 7.27. The number of anilines is 1. The van der Waals surface area contributed by atoms with Gasteiger partial charge in [-0.1, -0.05) is 41.4 Å². The molecule has 158 valence electrons. The van der Waals surface area contributed by atoms with Crippen molar-refractivity contribution in [3.63, 3.8) is 0 Å². The van der Waals surface area contributed by atoms with Crippen LogP contribution in [0.4, 0.5) is 5.82 Å². The number of aromatic nitrogens is 1. The van der Waals surface area contributed by atoms with Crippen LogP contribution in [0.1, 0.15) is 36.5 Å². The molecule has 5 nitrogen and oxygen atoms in total. The Balaban J connectivity index is 1.88. The van der Waals surface area contributed by atoms with Crippen molar-refractivity contribution in [2.75, 3.05) is 18.1 Å². The summed E-state index contributed by atoms with van der Waals surface area (Å²) in [7, 11) is 0. The van der Waals surface area contributed by atoms with Crippen molar-refractivity contribution in [3.8, 4) is 0 Å². The van der Waals surface area contributed by atoms with E-state index in [1.165, 1.54) is 0 Å². The maximum atomic E-state index is 13.8. The molecule has 5 rings (SSSR count). The molecule has 3 heterocycles. The van der Waals surface area contributed by atoms with Gasteiger partial charge in [0.2, 0.25) is 0 Å². The van der Waals surface area contributed by atoms with E-state index < -0.39 is 5.92 Å². The van der Waals surface area contributed by atoms with Crippen molar-refractivity contribution < 1.29 is 9.53 Å². The molecule has 0 amide bonds. The number of rotatable bonds is 3. The van der Waals surface area contributed by atoms with E-state index in [1.807, 2.05) is 44.2 Å². The first-order valence-electron chi connectivity index (χ1n) is 10.5. The van der Waals surface area contributed by atoms with E-state index in [0.29, 0.717) is 34.6 Å². The highest BCUT2D eigenvalue weighted by Gasteiger charge is 2.42. The van der Waals surface area contributed by atoms with E-state index in [1.54, 1.807) is 19.1 Å². The zero-order chi connectivity index (χ0) is 21.9. The lowest BCUT2D eigenvalue weighted by Gasteiger charge is -2.34. The molecule has 2 aliphatic rings.